The summed E-state index contributed by atoms with van der Waals surface area (Å²) in [6.07, 6.45) is 0. The van der Waals surface area contributed by atoms with E-state index in [0.29, 0.717) is 12.1 Å². The predicted molar refractivity (Wildman–Crippen MR) is 81.4 cm³/mol. The van der Waals surface area contributed by atoms with Crippen LogP contribution in [0.2, 0.25) is 5.02 Å². The smallest absolute Gasteiger partial charge is 0.262 e. The summed E-state index contributed by atoms with van der Waals surface area (Å²) < 4.78 is 40.7. The number of rotatable bonds is 5. The van der Waals surface area contributed by atoms with Gasteiger partial charge in [-0.3, -0.25) is 4.72 Å². The van der Waals surface area contributed by atoms with Crippen LogP contribution in [0.5, 0.6) is 0 Å². The summed E-state index contributed by atoms with van der Waals surface area (Å²) in [7, 11) is -2.18. The van der Waals surface area contributed by atoms with Crippen LogP contribution in [0.1, 0.15) is 5.56 Å². The Bertz CT molecular complexity index is 750. The van der Waals surface area contributed by atoms with Crippen LogP contribution in [-0.4, -0.2) is 15.5 Å². The molecule has 0 aliphatic carbocycles. The van der Waals surface area contributed by atoms with E-state index in [-0.39, 0.29) is 15.6 Å². The molecule has 112 valence electrons. The van der Waals surface area contributed by atoms with Gasteiger partial charge in [-0.1, -0.05) is 29.8 Å². The molecule has 0 heterocycles. The average Bonchev–Trinajstić information content (AvgIpc) is 2.43. The molecule has 0 aromatic heterocycles. The van der Waals surface area contributed by atoms with E-state index >= 15 is 0 Å². The topological polar surface area (TPSA) is 58.2 Å². The van der Waals surface area contributed by atoms with E-state index in [1.165, 1.54) is 18.2 Å². The van der Waals surface area contributed by atoms with Crippen molar-refractivity contribution >= 4 is 27.3 Å². The number of halogens is 2. The lowest BCUT2D eigenvalue weighted by molar-refractivity contribution is 0.596. The summed E-state index contributed by atoms with van der Waals surface area (Å²) in [4.78, 5) is 0.0960. The van der Waals surface area contributed by atoms with E-state index in [0.717, 1.165) is 6.07 Å². The predicted octanol–water partition coefficient (Wildman–Crippen LogP) is 3.00. The van der Waals surface area contributed by atoms with Crippen molar-refractivity contribution < 1.29 is 12.8 Å². The standard InChI is InChI=1S/C14H14ClFN2O2S/c1-17-9-10-4-2-3-5-14(10)21(19,20)18-13-8-11(15)6-7-12(13)16/h2-8,17-18H,9H2,1H3. The molecule has 0 saturated carbocycles. The van der Waals surface area contributed by atoms with E-state index in [9.17, 15) is 12.8 Å². The summed E-state index contributed by atoms with van der Waals surface area (Å²) in [5.41, 5.74) is 0.414. The quantitative estimate of drug-likeness (QED) is 0.887. The number of sulfonamides is 1. The lowest BCUT2D eigenvalue weighted by Gasteiger charge is -2.12. The molecule has 0 spiro atoms. The Hall–Kier alpha value is -1.63. The van der Waals surface area contributed by atoms with Crippen molar-refractivity contribution in [3.8, 4) is 0 Å². The minimum absolute atomic E-state index is 0.0960. The molecule has 0 aliphatic rings. The minimum Gasteiger partial charge on any atom is -0.316 e. The first kappa shape index (κ1) is 15.8. The largest absolute Gasteiger partial charge is 0.316 e. The van der Waals surface area contributed by atoms with Crippen LogP contribution in [0.15, 0.2) is 47.4 Å². The summed E-state index contributed by atoms with van der Waals surface area (Å²) in [6, 6.07) is 10.2. The van der Waals surface area contributed by atoms with Crippen LogP contribution in [0, 0.1) is 5.82 Å². The molecule has 2 rings (SSSR count). The van der Waals surface area contributed by atoms with Gasteiger partial charge in [0.25, 0.3) is 10.0 Å². The van der Waals surface area contributed by atoms with Gasteiger partial charge in [-0.2, -0.15) is 0 Å². The van der Waals surface area contributed by atoms with Gasteiger partial charge in [0.1, 0.15) is 5.82 Å². The third-order valence-corrected chi connectivity index (χ3v) is 4.50. The molecule has 0 fully saturated rings. The maximum absolute atomic E-state index is 13.7. The third-order valence-electron chi connectivity index (χ3n) is 2.80. The maximum atomic E-state index is 13.7. The number of hydrogen-bond donors (Lipinski definition) is 2. The molecule has 0 bridgehead atoms. The van der Waals surface area contributed by atoms with Gasteiger partial charge >= 0.3 is 0 Å². The van der Waals surface area contributed by atoms with E-state index in [1.807, 2.05) is 0 Å². The SMILES string of the molecule is CNCc1ccccc1S(=O)(=O)Nc1cc(Cl)ccc1F. The van der Waals surface area contributed by atoms with Gasteiger partial charge in [0, 0.05) is 11.6 Å². The second kappa shape index (κ2) is 6.43. The summed E-state index contributed by atoms with van der Waals surface area (Å²) in [5.74, 6) is -0.686. The molecular formula is C14H14ClFN2O2S. The Morgan fingerprint density at radius 2 is 1.90 bits per heavy atom. The highest BCUT2D eigenvalue weighted by molar-refractivity contribution is 7.92. The highest BCUT2D eigenvalue weighted by Crippen LogP contribution is 2.24. The van der Waals surface area contributed by atoms with Crippen molar-refractivity contribution in [1.29, 1.82) is 0 Å². The molecule has 2 N–H and O–H groups in total. The van der Waals surface area contributed by atoms with Crippen LogP contribution >= 0.6 is 11.6 Å². The van der Waals surface area contributed by atoms with Crippen LogP contribution in [0.4, 0.5) is 10.1 Å². The molecule has 0 radical (unpaired) electrons. The first-order valence-electron chi connectivity index (χ1n) is 6.14. The van der Waals surface area contributed by atoms with Crippen LogP contribution in [0.3, 0.4) is 0 Å². The van der Waals surface area contributed by atoms with Crippen LogP contribution in [0.25, 0.3) is 0 Å². The second-order valence-electron chi connectivity index (χ2n) is 4.37. The Morgan fingerprint density at radius 1 is 1.19 bits per heavy atom. The summed E-state index contributed by atoms with van der Waals surface area (Å²) in [5, 5.41) is 3.14. The van der Waals surface area contributed by atoms with E-state index in [2.05, 4.69) is 10.0 Å². The van der Waals surface area contributed by atoms with Gasteiger partial charge in [-0.25, -0.2) is 12.8 Å². The summed E-state index contributed by atoms with van der Waals surface area (Å²) in [6.45, 7) is 0.384. The fourth-order valence-electron chi connectivity index (χ4n) is 1.88. The number of anilines is 1. The molecule has 2 aromatic carbocycles. The van der Waals surface area contributed by atoms with Gasteiger partial charge in [-0.05, 0) is 36.9 Å². The van der Waals surface area contributed by atoms with Crippen molar-refractivity contribution in [2.75, 3.05) is 11.8 Å². The molecular weight excluding hydrogens is 315 g/mol. The van der Waals surface area contributed by atoms with Crippen LogP contribution < -0.4 is 10.0 Å². The fourth-order valence-corrected chi connectivity index (χ4v) is 3.35. The molecule has 2 aromatic rings. The van der Waals surface area contributed by atoms with Crippen molar-refractivity contribution in [3.63, 3.8) is 0 Å². The molecule has 0 aliphatic heterocycles. The number of benzene rings is 2. The van der Waals surface area contributed by atoms with E-state index in [4.69, 9.17) is 11.6 Å². The number of hydrogen-bond acceptors (Lipinski definition) is 3. The van der Waals surface area contributed by atoms with Crippen molar-refractivity contribution in [2.45, 2.75) is 11.4 Å². The van der Waals surface area contributed by atoms with Gasteiger partial charge in [0.15, 0.2) is 0 Å². The highest BCUT2D eigenvalue weighted by atomic mass is 35.5. The lowest BCUT2D eigenvalue weighted by atomic mass is 10.2. The average molecular weight is 329 g/mol. The molecule has 4 nitrogen and oxygen atoms in total. The maximum Gasteiger partial charge on any atom is 0.262 e. The third kappa shape index (κ3) is 3.72. The monoisotopic (exact) mass is 328 g/mol. The molecule has 7 heteroatoms. The number of nitrogens with one attached hydrogen (secondary N) is 2. The van der Waals surface area contributed by atoms with Gasteiger partial charge in [0.05, 0.1) is 10.6 Å². The van der Waals surface area contributed by atoms with Crippen molar-refractivity contribution in [2.24, 2.45) is 0 Å². The Kier molecular flexibility index (Phi) is 4.82. The van der Waals surface area contributed by atoms with Crippen LogP contribution in [-0.2, 0) is 16.6 Å². The Morgan fingerprint density at radius 3 is 2.62 bits per heavy atom. The molecule has 21 heavy (non-hydrogen) atoms. The Balaban J connectivity index is 2.41. The second-order valence-corrected chi connectivity index (χ2v) is 6.45. The van der Waals surface area contributed by atoms with Gasteiger partial charge < -0.3 is 5.32 Å². The zero-order valence-electron chi connectivity index (χ0n) is 11.2. The van der Waals surface area contributed by atoms with Gasteiger partial charge in [-0.15, -0.1) is 0 Å². The fraction of sp³-hybridized carbons (Fsp3) is 0.143. The molecule has 0 atom stereocenters. The van der Waals surface area contributed by atoms with E-state index < -0.39 is 15.8 Å². The van der Waals surface area contributed by atoms with Gasteiger partial charge in [0.2, 0.25) is 0 Å². The van der Waals surface area contributed by atoms with E-state index in [1.54, 1.807) is 25.2 Å². The van der Waals surface area contributed by atoms with Crippen molar-refractivity contribution in [1.82, 2.24) is 5.32 Å². The zero-order valence-corrected chi connectivity index (χ0v) is 12.8. The normalized spacial score (nSPS) is 11.4. The molecule has 0 saturated heterocycles. The first-order valence-corrected chi connectivity index (χ1v) is 8.00. The zero-order chi connectivity index (χ0) is 15.5. The highest BCUT2D eigenvalue weighted by Gasteiger charge is 2.19. The molecule has 0 unspecified atom stereocenters. The summed E-state index contributed by atoms with van der Waals surface area (Å²) >= 11 is 5.76. The first-order chi connectivity index (χ1) is 9.94. The molecule has 0 amide bonds. The Labute approximate surface area is 128 Å². The minimum atomic E-state index is -3.89. The lowest BCUT2D eigenvalue weighted by Crippen LogP contribution is -2.18. The van der Waals surface area contributed by atoms with Crippen molar-refractivity contribution in [3.05, 3.63) is 58.9 Å².